The summed E-state index contributed by atoms with van der Waals surface area (Å²) in [5, 5.41) is 13.2. The zero-order valence-corrected chi connectivity index (χ0v) is 14.3. The monoisotopic (exact) mass is 341 g/mol. The number of aliphatic hydroxyl groups is 1. The number of hydrogen-bond acceptors (Lipinski definition) is 4. The lowest BCUT2D eigenvalue weighted by molar-refractivity contribution is -0.120. The lowest BCUT2D eigenvalue weighted by Crippen LogP contribution is -2.30. The van der Waals surface area contributed by atoms with Gasteiger partial charge in [-0.2, -0.15) is 0 Å². The molecular formula is C19H23N3O3. The first-order valence-electron chi connectivity index (χ1n) is 8.70. The number of aryl methyl sites for hydroxylation is 1. The van der Waals surface area contributed by atoms with Crippen LogP contribution >= 0.6 is 0 Å². The van der Waals surface area contributed by atoms with Gasteiger partial charge in [0.25, 0.3) is 5.56 Å². The van der Waals surface area contributed by atoms with Crippen molar-refractivity contribution in [1.29, 1.82) is 0 Å². The third-order valence-electron chi connectivity index (χ3n) is 4.60. The fourth-order valence-electron chi connectivity index (χ4n) is 3.28. The lowest BCUT2D eigenvalue weighted by atomic mass is 9.97. The van der Waals surface area contributed by atoms with Gasteiger partial charge >= 0.3 is 0 Å². The van der Waals surface area contributed by atoms with Crippen molar-refractivity contribution in [3.8, 4) is 11.4 Å². The molecule has 1 fully saturated rings. The maximum Gasteiger partial charge on any atom is 0.251 e. The third kappa shape index (κ3) is 4.33. The Balaban J connectivity index is 1.76. The summed E-state index contributed by atoms with van der Waals surface area (Å²) in [6.07, 6.45) is 4.06. The van der Waals surface area contributed by atoms with Crippen molar-refractivity contribution in [2.24, 2.45) is 0 Å². The van der Waals surface area contributed by atoms with Crippen molar-refractivity contribution in [3.63, 3.8) is 0 Å². The van der Waals surface area contributed by atoms with Crippen molar-refractivity contribution in [3.05, 3.63) is 46.4 Å². The molecular weight excluding hydrogens is 318 g/mol. The largest absolute Gasteiger partial charge is 0.389 e. The third-order valence-corrected chi connectivity index (χ3v) is 4.60. The molecule has 0 bridgehead atoms. The molecule has 1 amide bonds. The van der Waals surface area contributed by atoms with Gasteiger partial charge in [-0.25, -0.2) is 4.98 Å². The molecule has 0 spiro atoms. The number of benzene rings is 1. The van der Waals surface area contributed by atoms with E-state index in [-0.39, 0.29) is 17.9 Å². The Bertz CT molecular complexity index is 823. The number of hydrogen-bond donors (Lipinski definition) is 3. The predicted octanol–water partition coefficient (Wildman–Crippen LogP) is 2.63. The van der Waals surface area contributed by atoms with E-state index in [4.69, 9.17) is 0 Å². The predicted molar refractivity (Wildman–Crippen MR) is 96.3 cm³/mol. The van der Waals surface area contributed by atoms with Gasteiger partial charge < -0.3 is 15.4 Å². The van der Waals surface area contributed by atoms with Gasteiger partial charge in [0.15, 0.2) is 0 Å². The number of nitrogens with zero attached hydrogens (tertiary/aromatic N) is 1. The molecule has 0 atom stereocenters. The Kier molecular flexibility index (Phi) is 4.99. The molecule has 0 radical (unpaired) electrons. The summed E-state index contributed by atoms with van der Waals surface area (Å²) >= 11 is 0. The minimum absolute atomic E-state index is 0.109. The Morgan fingerprint density at radius 3 is 2.80 bits per heavy atom. The van der Waals surface area contributed by atoms with E-state index in [1.54, 1.807) is 18.2 Å². The summed E-state index contributed by atoms with van der Waals surface area (Å²) in [7, 11) is 0. The molecule has 1 heterocycles. The van der Waals surface area contributed by atoms with Gasteiger partial charge in [0.2, 0.25) is 5.91 Å². The standard InChI is InChI=1S/C19H23N3O3/c1-2-14-11-16(23)22-18(21-14)13-6-5-7-15(10-13)20-17(24)12-19(25)8-3-4-9-19/h5-7,10-11,25H,2-4,8-9,12H2,1H3,(H,20,24)(H,21,22,23). The fourth-order valence-corrected chi connectivity index (χ4v) is 3.28. The summed E-state index contributed by atoms with van der Waals surface area (Å²) in [5.74, 6) is 0.278. The first kappa shape index (κ1) is 17.4. The van der Waals surface area contributed by atoms with Gasteiger partial charge in [0.1, 0.15) is 5.82 Å². The van der Waals surface area contributed by atoms with Crippen LogP contribution in [0.2, 0.25) is 0 Å². The number of rotatable bonds is 5. The number of H-pyrrole nitrogens is 1. The Labute approximate surface area is 146 Å². The summed E-state index contributed by atoms with van der Waals surface area (Å²) in [6.45, 7) is 1.94. The smallest absolute Gasteiger partial charge is 0.251 e. The number of anilines is 1. The molecule has 0 saturated heterocycles. The molecule has 1 saturated carbocycles. The molecule has 2 aromatic rings. The van der Waals surface area contributed by atoms with Crippen LogP contribution in [0.5, 0.6) is 0 Å². The normalized spacial score (nSPS) is 15.9. The van der Waals surface area contributed by atoms with Gasteiger partial charge in [0, 0.05) is 23.0 Å². The highest BCUT2D eigenvalue weighted by Gasteiger charge is 2.33. The van der Waals surface area contributed by atoms with Crippen LogP contribution in [-0.4, -0.2) is 26.6 Å². The van der Waals surface area contributed by atoms with E-state index in [0.717, 1.165) is 24.1 Å². The highest BCUT2D eigenvalue weighted by molar-refractivity contribution is 5.92. The molecule has 1 aromatic carbocycles. The van der Waals surface area contributed by atoms with Crippen LogP contribution in [0.1, 0.15) is 44.7 Å². The summed E-state index contributed by atoms with van der Waals surface area (Å²) in [5.41, 5.74) is 0.999. The van der Waals surface area contributed by atoms with Gasteiger partial charge in [0.05, 0.1) is 12.0 Å². The van der Waals surface area contributed by atoms with Crippen LogP contribution in [0.4, 0.5) is 5.69 Å². The first-order chi connectivity index (χ1) is 12.0. The number of aromatic nitrogens is 2. The number of nitrogens with one attached hydrogen (secondary N) is 2. The second kappa shape index (κ2) is 7.19. The van der Waals surface area contributed by atoms with Gasteiger partial charge in [-0.1, -0.05) is 31.9 Å². The molecule has 3 rings (SSSR count). The van der Waals surface area contributed by atoms with Crippen LogP contribution < -0.4 is 10.9 Å². The molecule has 0 unspecified atom stereocenters. The van der Waals surface area contributed by atoms with Gasteiger partial charge in [-0.3, -0.25) is 9.59 Å². The molecule has 0 aliphatic heterocycles. The quantitative estimate of drug-likeness (QED) is 0.779. The molecule has 3 N–H and O–H groups in total. The number of carbonyl (C=O) groups excluding carboxylic acids is 1. The van der Waals surface area contributed by atoms with E-state index in [2.05, 4.69) is 15.3 Å². The molecule has 1 aromatic heterocycles. The van der Waals surface area contributed by atoms with Crippen LogP contribution in [0, 0.1) is 0 Å². The molecule has 6 heteroatoms. The van der Waals surface area contributed by atoms with Crippen LogP contribution in [0.25, 0.3) is 11.4 Å². The summed E-state index contributed by atoms with van der Waals surface area (Å²) < 4.78 is 0. The maximum atomic E-state index is 12.2. The lowest BCUT2D eigenvalue weighted by Gasteiger charge is -2.21. The molecule has 1 aliphatic rings. The zero-order valence-electron chi connectivity index (χ0n) is 14.3. The van der Waals surface area contributed by atoms with Crippen molar-refractivity contribution in [2.45, 2.75) is 51.0 Å². The summed E-state index contributed by atoms with van der Waals surface area (Å²) in [4.78, 5) is 31.1. The summed E-state index contributed by atoms with van der Waals surface area (Å²) in [6, 6.07) is 8.67. The second-order valence-corrected chi connectivity index (χ2v) is 6.68. The van der Waals surface area contributed by atoms with E-state index < -0.39 is 5.60 Å². The van der Waals surface area contributed by atoms with Gasteiger partial charge in [-0.15, -0.1) is 0 Å². The van der Waals surface area contributed by atoms with Crippen LogP contribution in [0.15, 0.2) is 35.1 Å². The molecule has 6 nitrogen and oxygen atoms in total. The maximum absolute atomic E-state index is 12.2. The van der Waals surface area contributed by atoms with Crippen molar-refractivity contribution >= 4 is 11.6 Å². The fraction of sp³-hybridized carbons (Fsp3) is 0.421. The molecule has 1 aliphatic carbocycles. The number of amides is 1. The van der Waals surface area contributed by atoms with E-state index in [1.165, 1.54) is 6.07 Å². The van der Waals surface area contributed by atoms with Crippen molar-refractivity contribution in [2.75, 3.05) is 5.32 Å². The van der Waals surface area contributed by atoms with Crippen molar-refractivity contribution < 1.29 is 9.90 Å². The van der Waals surface area contributed by atoms with Gasteiger partial charge in [-0.05, 0) is 31.4 Å². The Morgan fingerprint density at radius 2 is 2.08 bits per heavy atom. The molecule has 132 valence electrons. The van der Waals surface area contributed by atoms with Crippen LogP contribution in [0.3, 0.4) is 0 Å². The average Bonchev–Trinajstić information content (AvgIpc) is 3.00. The topological polar surface area (TPSA) is 95.1 Å². The molecule has 25 heavy (non-hydrogen) atoms. The number of aromatic amines is 1. The number of carbonyl (C=O) groups is 1. The Hall–Kier alpha value is -2.47. The van der Waals surface area contributed by atoms with Crippen molar-refractivity contribution in [1.82, 2.24) is 9.97 Å². The minimum Gasteiger partial charge on any atom is -0.389 e. The van der Waals surface area contributed by atoms with E-state index in [9.17, 15) is 14.7 Å². The highest BCUT2D eigenvalue weighted by atomic mass is 16.3. The van der Waals surface area contributed by atoms with E-state index in [1.807, 2.05) is 13.0 Å². The van der Waals surface area contributed by atoms with E-state index in [0.29, 0.717) is 30.8 Å². The minimum atomic E-state index is -0.871. The highest BCUT2D eigenvalue weighted by Crippen LogP contribution is 2.32. The zero-order chi connectivity index (χ0) is 17.9. The van der Waals surface area contributed by atoms with Crippen LogP contribution in [-0.2, 0) is 11.2 Å². The first-order valence-corrected chi connectivity index (χ1v) is 8.70. The second-order valence-electron chi connectivity index (χ2n) is 6.68. The SMILES string of the molecule is CCc1cc(=O)[nH]c(-c2cccc(NC(=O)CC3(O)CCCC3)c2)n1. The Morgan fingerprint density at radius 1 is 1.32 bits per heavy atom. The van der Waals surface area contributed by atoms with E-state index >= 15 is 0 Å². The average molecular weight is 341 g/mol.